The number of aliphatic imine (C=N–C) groups is 1. The molecule has 3 aromatic rings. The fourth-order valence-corrected chi connectivity index (χ4v) is 3.67. The molecule has 0 saturated heterocycles. The van der Waals surface area contributed by atoms with E-state index >= 15 is 0 Å². The number of thioether (sulfide) groups is 1. The number of benzene rings is 1. The summed E-state index contributed by atoms with van der Waals surface area (Å²) < 4.78 is 0. The van der Waals surface area contributed by atoms with Crippen molar-refractivity contribution >= 4 is 30.2 Å². The predicted octanol–water partition coefficient (Wildman–Crippen LogP) is 4.21. The second-order valence-electron chi connectivity index (χ2n) is 6.16. The molecule has 2 N–H and O–H groups in total. The molecule has 3 rings (SSSR count). The largest absolute Gasteiger partial charge is 0.338 e. The van der Waals surface area contributed by atoms with E-state index in [9.17, 15) is 4.79 Å². The van der Waals surface area contributed by atoms with Gasteiger partial charge in [-0.15, -0.1) is 11.8 Å². The van der Waals surface area contributed by atoms with E-state index in [2.05, 4.69) is 37.5 Å². The van der Waals surface area contributed by atoms with Crippen molar-refractivity contribution < 1.29 is 4.79 Å². The van der Waals surface area contributed by atoms with Crippen molar-refractivity contribution in [3.8, 4) is 22.4 Å². The van der Waals surface area contributed by atoms with Gasteiger partial charge in [0.15, 0.2) is 0 Å². The first-order valence-corrected chi connectivity index (χ1v) is 10.1. The minimum Gasteiger partial charge on any atom is -0.338 e. The standard InChI is InChI=1S/C21H22N6OS/c1-4-24-21(28)25-13-29-20-17(15-6-5-9-23-12-15)10-16(11-19(20)22-3)18-8-7-14(2)26-27-18/h5-12H,3-4,13H2,1-2H3,(H2,24,25,28). The quantitative estimate of drug-likeness (QED) is 0.348. The van der Waals surface area contributed by atoms with Gasteiger partial charge in [-0.1, -0.05) is 6.07 Å². The van der Waals surface area contributed by atoms with Crippen LogP contribution < -0.4 is 10.6 Å². The average Bonchev–Trinajstić information content (AvgIpc) is 2.75. The van der Waals surface area contributed by atoms with Crippen LogP contribution in [0.2, 0.25) is 0 Å². The molecule has 0 bridgehead atoms. The smallest absolute Gasteiger partial charge is 0.315 e. The van der Waals surface area contributed by atoms with E-state index in [1.807, 2.05) is 50.2 Å². The lowest BCUT2D eigenvalue weighted by molar-refractivity contribution is 0.243. The number of carbonyl (C=O) groups excluding carboxylic acids is 1. The number of nitrogens with one attached hydrogen (secondary N) is 2. The Bertz CT molecular complexity index is 992. The molecule has 0 saturated carbocycles. The topological polar surface area (TPSA) is 92.2 Å². The van der Waals surface area contributed by atoms with Crippen LogP contribution in [0.1, 0.15) is 12.6 Å². The third kappa shape index (κ3) is 5.17. The van der Waals surface area contributed by atoms with E-state index in [-0.39, 0.29) is 6.03 Å². The molecule has 29 heavy (non-hydrogen) atoms. The van der Waals surface area contributed by atoms with Gasteiger partial charge in [-0.25, -0.2) is 4.79 Å². The molecule has 0 aliphatic heterocycles. The van der Waals surface area contributed by atoms with Gasteiger partial charge in [0.05, 0.1) is 23.0 Å². The minimum atomic E-state index is -0.206. The third-order valence-corrected chi connectivity index (χ3v) is 5.10. The fourth-order valence-electron chi connectivity index (χ4n) is 2.72. The van der Waals surface area contributed by atoms with Gasteiger partial charge in [0, 0.05) is 35.0 Å². The van der Waals surface area contributed by atoms with E-state index in [1.54, 1.807) is 12.4 Å². The second-order valence-corrected chi connectivity index (χ2v) is 7.14. The Morgan fingerprint density at radius 2 is 2.03 bits per heavy atom. The number of rotatable bonds is 7. The monoisotopic (exact) mass is 406 g/mol. The first kappa shape index (κ1) is 20.5. The summed E-state index contributed by atoms with van der Waals surface area (Å²) in [5.41, 5.74) is 5.10. The second kappa shape index (κ2) is 9.79. The summed E-state index contributed by atoms with van der Waals surface area (Å²) in [4.78, 5) is 21.1. The Kier molecular flexibility index (Phi) is 6.91. The van der Waals surface area contributed by atoms with Crippen LogP contribution in [0.3, 0.4) is 0 Å². The highest BCUT2D eigenvalue weighted by molar-refractivity contribution is 7.99. The van der Waals surface area contributed by atoms with Crippen LogP contribution >= 0.6 is 11.8 Å². The molecule has 0 atom stereocenters. The van der Waals surface area contributed by atoms with E-state index in [0.717, 1.165) is 33.0 Å². The number of aromatic nitrogens is 3. The lowest BCUT2D eigenvalue weighted by atomic mass is 10.0. The highest BCUT2D eigenvalue weighted by atomic mass is 32.2. The molecule has 7 nitrogen and oxygen atoms in total. The molecular weight excluding hydrogens is 384 g/mol. The van der Waals surface area contributed by atoms with Crippen LogP contribution in [0, 0.1) is 6.92 Å². The van der Waals surface area contributed by atoms with Crippen LogP contribution in [0.15, 0.2) is 58.7 Å². The summed E-state index contributed by atoms with van der Waals surface area (Å²) in [5.74, 6) is 0.394. The number of hydrogen-bond donors (Lipinski definition) is 2. The highest BCUT2D eigenvalue weighted by Crippen LogP contribution is 2.41. The van der Waals surface area contributed by atoms with Crippen LogP contribution in [0.5, 0.6) is 0 Å². The molecule has 0 aliphatic carbocycles. The molecule has 0 radical (unpaired) electrons. The Morgan fingerprint density at radius 3 is 2.69 bits per heavy atom. The van der Waals surface area contributed by atoms with Gasteiger partial charge in [-0.3, -0.25) is 9.98 Å². The van der Waals surface area contributed by atoms with Crippen molar-refractivity contribution in [1.29, 1.82) is 0 Å². The van der Waals surface area contributed by atoms with Gasteiger partial charge in [-0.05, 0) is 56.5 Å². The molecule has 2 amide bonds. The Morgan fingerprint density at radius 1 is 1.17 bits per heavy atom. The summed E-state index contributed by atoms with van der Waals surface area (Å²) >= 11 is 1.48. The maximum Gasteiger partial charge on any atom is 0.315 e. The predicted molar refractivity (Wildman–Crippen MR) is 118 cm³/mol. The number of hydrogen-bond acceptors (Lipinski definition) is 6. The minimum absolute atomic E-state index is 0.206. The van der Waals surface area contributed by atoms with Crippen LogP contribution in [-0.4, -0.2) is 40.4 Å². The van der Waals surface area contributed by atoms with E-state index in [0.29, 0.717) is 18.1 Å². The molecule has 0 spiro atoms. The molecule has 0 aliphatic rings. The highest BCUT2D eigenvalue weighted by Gasteiger charge is 2.15. The Balaban J connectivity index is 2.02. The Hall–Kier alpha value is -3.26. The molecule has 8 heteroatoms. The van der Waals surface area contributed by atoms with Crippen molar-refractivity contribution in [2.75, 3.05) is 12.4 Å². The molecule has 1 aromatic carbocycles. The van der Waals surface area contributed by atoms with Crippen molar-refractivity contribution in [1.82, 2.24) is 25.8 Å². The maximum atomic E-state index is 11.7. The van der Waals surface area contributed by atoms with Gasteiger partial charge in [0.25, 0.3) is 0 Å². The van der Waals surface area contributed by atoms with Gasteiger partial charge in [-0.2, -0.15) is 10.2 Å². The van der Waals surface area contributed by atoms with Crippen molar-refractivity contribution in [2.45, 2.75) is 18.7 Å². The molecule has 0 unspecified atom stereocenters. The fraction of sp³-hybridized carbons (Fsp3) is 0.190. The number of urea groups is 1. The first-order valence-electron chi connectivity index (χ1n) is 9.12. The Labute approximate surface area is 174 Å². The summed E-state index contributed by atoms with van der Waals surface area (Å²) in [6, 6.07) is 11.5. The van der Waals surface area contributed by atoms with Gasteiger partial charge in [0.2, 0.25) is 0 Å². The molecule has 2 aromatic heterocycles. The van der Waals surface area contributed by atoms with Crippen LogP contribution in [0.4, 0.5) is 10.5 Å². The molecule has 2 heterocycles. The van der Waals surface area contributed by atoms with E-state index in [4.69, 9.17) is 0 Å². The zero-order chi connectivity index (χ0) is 20.6. The summed E-state index contributed by atoms with van der Waals surface area (Å²) in [5, 5.41) is 14.0. The average molecular weight is 407 g/mol. The van der Waals surface area contributed by atoms with Crippen LogP contribution in [-0.2, 0) is 0 Å². The van der Waals surface area contributed by atoms with Gasteiger partial charge < -0.3 is 10.6 Å². The summed E-state index contributed by atoms with van der Waals surface area (Å²) in [6.45, 7) is 8.08. The molecular formula is C21H22N6OS. The number of aryl methyl sites for hydroxylation is 1. The zero-order valence-corrected chi connectivity index (χ0v) is 17.2. The van der Waals surface area contributed by atoms with Crippen molar-refractivity contribution in [3.63, 3.8) is 0 Å². The van der Waals surface area contributed by atoms with Crippen molar-refractivity contribution in [2.24, 2.45) is 4.99 Å². The number of nitrogens with zero attached hydrogens (tertiary/aromatic N) is 4. The van der Waals surface area contributed by atoms with Crippen LogP contribution in [0.25, 0.3) is 22.4 Å². The van der Waals surface area contributed by atoms with Gasteiger partial charge in [0.1, 0.15) is 0 Å². The summed E-state index contributed by atoms with van der Waals surface area (Å²) in [7, 11) is 0. The maximum absolute atomic E-state index is 11.7. The summed E-state index contributed by atoms with van der Waals surface area (Å²) in [6.07, 6.45) is 3.53. The normalized spacial score (nSPS) is 10.4. The van der Waals surface area contributed by atoms with E-state index < -0.39 is 0 Å². The van der Waals surface area contributed by atoms with E-state index in [1.165, 1.54) is 11.8 Å². The number of pyridine rings is 1. The number of carbonyl (C=O) groups is 1. The zero-order valence-electron chi connectivity index (χ0n) is 16.3. The van der Waals surface area contributed by atoms with Gasteiger partial charge >= 0.3 is 6.03 Å². The molecule has 0 fully saturated rings. The third-order valence-electron chi connectivity index (χ3n) is 4.09. The lowest BCUT2D eigenvalue weighted by Gasteiger charge is -2.15. The number of amides is 2. The SMILES string of the molecule is C=Nc1cc(-c2ccc(C)nn2)cc(-c2cccnc2)c1SCNC(=O)NCC. The van der Waals surface area contributed by atoms with Crippen molar-refractivity contribution in [3.05, 3.63) is 54.5 Å². The first-order chi connectivity index (χ1) is 14.1. The molecule has 148 valence electrons. The lowest BCUT2D eigenvalue weighted by Crippen LogP contribution is -2.34.